The van der Waals surface area contributed by atoms with Crippen molar-refractivity contribution in [3.63, 3.8) is 0 Å². The van der Waals surface area contributed by atoms with E-state index < -0.39 is 6.10 Å². The van der Waals surface area contributed by atoms with E-state index in [1.54, 1.807) is 0 Å². The first kappa shape index (κ1) is 12.9. The maximum atomic E-state index is 10.3. The van der Waals surface area contributed by atoms with E-state index in [9.17, 15) is 10.2 Å². The summed E-state index contributed by atoms with van der Waals surface area (Å²) in [5, 5.41) is 20.1. The van der Waals surface area contributed by atoms with Gasteiger partial charge in [-0.1, -0.05) is 12.1 Å². The molecule has 0 spiro atoms. The zero-order chi connectivity index (χ0) is 13.4. The van der Waals surface area contributed by atoms with Crippen molar-refractivity contribution in [2.75, 3.05) is 12.3 Å². The van der Waals surface area contributed by atoms with Gasteiger partial charge in [-0.25, -0.2) is 0 Å². The van der Waals surface area contributed by atoms with Crippen LogP contribution in [-0.4, -0.2) is 39.8 Å². The lowest BCUT2D eigenvalue weighted by atomic mass is 9.98. The van der Waals surface area contributed by atoms with Crippen molar-refractivity contribution in [2.24, 2.45) is 0 Å². The molecule has 0 aliphatic carbocycles. The lowest BCUT2D eigenvalue weighted by Crippen LogP contribution is -2.46. The van der Waals surface area contributed by atoms with E-state index in [-0.39, 0.29) is 6.10 Å². The predicted molar refractivity (Wildman–Crippen MR) is 74.6 cm³/mol. The second kappa shape index (κ2) is 5.12. The molecule has 1 aromatic carbocycles. The van der Waals surface area contributed by atoms with E-state index >= 15 is 0 Å². The number of benzene rings is 1. The van der Waals surface area contributed by atoms with Gasteiger partial charge in [0.05, 0.1) is 12.2 Å². The third-order valence-corrected chi connectivity index (χ3v) is 4.56. The highest BCUT2D eigenvalue weighted by molar-refractivity contribution is 5.39. The van der Waals surface area contributed by atoms with Crippen molar-refractivity contribution >= 4 is 5.69 Å². The lowest BCUT2D eigenvalue weighted by Gasteiger charge is -2.38. The SMILES string of the molecule is Nc1ccc(C(O)CN2C3CCC2CC(O)C3)cc1. The van der Waals surface area contributed by atoms with Gasteiger partial charge in [0.2, 0.25) is 0 Å². The minimum Gasteiger partial charge on any atom is -0.399 e. The van der Waals surface area contributed by atoms with Crippen molar-refractivity contribution in [3.05, 3.63) is 29.8 Å². The quantitative estimate of drug-likeness (QED) is 0.718. The Hall–Kier alpha value is -1.10. The van der Waals surface area contributed by atoms with E-state index in [1.165, 1.54) is 0 Å². The van der Waals surface area contributed by atoms with Crippen molar-refractivity contribution in [1.82, 2.24) is 4.90 Å². The molecule has 3 unspecified atom stereocenters. The van der Waals surface area contributed by atoms with Gasteiger partial charge in [-0.3, -0.25) is 4.90 Å². The highest BCUT2D eigenvalue weighted by Crippen LogP contribution is 2.36. The fourth-order valence-electron chi connectivity index (χ4n) is 3.57. The molecule has 0 aromatic heterocycles. The molecule has 2 aliphatic heterocycles. The number of piperidine rings is 1. The molecule has 4 heteroatoms. The lowest BCUT2D eigenvalue weighted by molar-refractivity contribution is 0.00801. The minimum absolute atomic E-state index is 0.151. The summed E-state index contributed by atoms with van der Waals surface area (Å²) in [6, 6.07) is 8.32. The number of anilines is 1. The molecule has 19 heavy (non-hydrogen) atoms. The smallest absolute Gasteiger partial charge is 0.0917 e. The average Bonchev–Trinajstić information content (AvgIpc) is 2.62. The Labute approximate surface area is 113 Å². The van der Waals surface area contributed by atoms with Gasteiger partial charge in [0.1, 0.15) is 0 Å². The molecule has 4 nitrogen and oxygen atoms in total. The second-order valence-electron chi connectivity index (χ2n) is 5.89. The molecule has 2 bridgehead atoms. The van der Waals surface area contributed by atoms with Crippen LogP contribution in [0.5, 0.6) is 0 Å². The number of nitrogen functional groups attached to an aromatic ring is 1. The molecule has 1 aromatic rings. The van der Waals surface area contributed by atoms with Gasteiger partial charge in [-0.2, -0.15) is 0 Å². The maximum absolute atomic E-state index is 10.3. The zero-order valence-electron chi connectivity index (χ0n) is 11.1. The van der Waals surface area contributed by atoms with Gasteiger partial charge < -0.3 is 15.9 Å². The molecule has 3 atom stereocenters. The van der Waals surface area contributed by atoms with Crippen LogP contribution in [0.1, 0.15) is 37.4 Å². The summed E-state index contributed by atoms with van der Waals surface area (Å²) in [6.07, 6.45) is 3.38. The number of aliphatic hydroxyl groups excluding tert-OH is 2. The number of rotatable bonds is 3. The van der Waals surface area contributed by atoms with Crippen LogP contribution in [0.25, 0.3) is 0 Å². The summed E-state index contributed by atoms with van der Waals surface area (Å²) in [4.78, 5) is 2.38. The number of nitrogens with two attached hydrogens (primary N) is 1. The van der Waals surface area contributed by atoms with Crippen molar-refractivity contribution < 1.29 is 10.2 Å². The Morgan fingerprint density at radius 3 is 2.32 bits per heavy atom. The molecule has 0 amide bonds. The van der Waals surface area contributed by atoms with E-state index in [4.69, 9.17) is 5.73 Å². The van der Waals surface area contributed by atoms with Crippen LogP contribution in [0.15, 0.2) is 24.3 Å². The van der Waals surface area contributed by atoms with Crippen LogP contribution >= 0.6 is 0 Å². The number of nitrogens with zero attached hydrogens (tertiary/aromatic N) is 1. The predicted octanol–water partition coefficient (Wildman–Crippen LogP) is 1.29. The van der Waals surface area contributed by atoms with E-state index in [0.29, 0.717) is 18.6 Å². The molecular weight excluding hydrogens is 240 g/mol. The first-order chi connectivity index (χ1) is 9.13. The average molecular weight is 262 g/mol. The van der Waals surface area contributed by atoms with Crippen LogP contribution in [-0.2, 0) is 0 Å². The zero-order valence-corrected chi connectivity index (χ0v) is 11.1. The third-order valence-electron chi connectivity index (χ3n) is 4.56. The molecule has 0 saturated carbocycles. The van der Waals surface area contributed by atoms with E-state index in [2.05, 4.69) is 4.90 Å². The Bertz CT molecular complexity index is 420. The molecular formula is C15H22N2O2. The summed E-state index contributed by atoms with van der Waals surface area (Å²) in [7, 11) is 0. The minimum atomic E-state index is -0.473. The molecule has 2 heterocycles. The summed E-state index contributed by atoms with van der Waals surface area (Å²) in [6.45, 7) is 0.659. The van der Waals surface area contributed by atoms with Gasteiger partial charge in [0.25, 0.3) is 0 Å². The van der Waals surface area contributed by atoms with E-state index in [0.717, 1.165) is 36.9 Å². The maximum Gasteiger partial charge on any atom is 0.0917 e. The molecule has 104 valence electrons. The van der Waals surface area contributed by atoms with Gasteiger partial charge in [0, 0.05) is 24.3 Å². The second-order valence-corrected chi connectivity index (χ2v) is 5.89. The number of aliphatic hydroxyl groups is 2. The first-order valence-electron chi connectivity index (χ1n) is 7.11. The van der Waals surface area contributed by atoms with Gasteiger partial charge in [-0.15, -0.1) is 0 Å². The fraction of sp³-hybridized carbons (Fsp3) is 0.600. The topological polar surface area (TPSA) is 69.7 Å². The Balaban J connectivity index is 1.67. The Morgan fingerprint density at radius 1 is 1.16 bits per heavy atom. The molecule has 0 radical (unpaired) electrons. The van der Waals surface area contributed by atoms with Crippen molar-refractivity contribution in [1.29, 1.82) is 0 Å². The summed E-state index contributed by atoms with van der Waals surface area (Å²) in [5.74, 6) is 0. The molecule has 4 N–H and O–H groups in total. The van der Waals surface area contributed by atoms with Crippen molar-refractivity contribution in [3.8, 4) is 0 Å². The molecule has 2 saturated heterocycles. The number of fused-ring (bicyclic) bond motifs is 2. The summed E-state index contributed by atoms with van der Waals surface area (Å²) in [5.41, 5.74) is 7.30. The van der Waals surface area contributed by atoms with Crippen LogP contribution in [0.4, 0.5) is 5.69 Å². The first-order valence-corrected chi connectivity index (χ1v) is 7.11. The molecule has 3 rings (SSSR count). The molecule has 2 fully saturated rings. The third kappa shape index (κ3) is 2.61. The number of hydrogen-bond donors (Lipinski definition) is 3. The highest BCUT2D eigenvalue weighted by Gasteiger charge is 2.40. The highest BCUT2D eigenvalue weighted by atomic mass is 16.3. The van der Waals surface area contributed by atoms with Crippen LogP contribution in [0.2, 0.25) is 0 Å². The standard InChI is InChI=1S/C15H22N2O2/c16-11-3-1-10(2-4-11)15(19)9-17-12-5-6-13(17)8-14(18)7-12/h1-4,12-15,18-19H,5-9,16H2. The monoisotopic (exact) mass is 262 g/mol. The number of hydrogen-bond acceptors (Lipinski definition) is 4. The van der Waals surface area contributed by atoms with Crippen LogP contribution < -0.4 is 5.73 Å². The summed E-state index contributed by atoms with van der Waals surface area (Å²) < 4.78 is 0. The van der Waals surface area contributed by atoms with Gasteiger partial charge in [-0.05, 0) is 43.4 Å². The largest absolute Gasteiger partial charge is 0.399 e. The van der Waals surface area contributed by atoms with E-state index in [1.807, 2.05) is 24.3 Å². The Morgan fingerprint density at radius 2 is 1.74 bits per heavy atom. The van der Waals surface area contributed by atoms with Gasteiger partial charge >= 0.3 is 0 Å². The summed E-state index contributed by atoms with van der Waals surface area (Å²) >= 11 is 0. The van der Waals surface area contributed by atoms with Crippen molar-refractivity contribution in [2.45, 2.75) is 50.0 Å². The van der Waals surface area contributed by atoms with Crippen LogP contribution in [0.3, 0.4) is 0 Å². The molecule has 2 aliphatic rings. The van der Waals surface area contributed by atoms with Crippen LogP contribution in [0, 0.1) is 0 Å². The Kier molecular flexibility index (Phi) is 3.48. The van der Waals surface area contributed by atoms with Gasteiger partial charge in [0.15, 0.2) is 0 Å². The fourth-order valence-corrected chi connectivity index (χ4v) is 3.57. The normalized spacial score (nSPS) is 32.4.